The number of hydrogen-bond acceptors (Lipinski definition) is 8. The number of hydrogen-bond donors (Lipinski definition) is 0. The average molecular weight is 603 g/mol. The predicted molar refractivity (Wildman–Crippen MR) is 138 cm³/mol. The Hall–Kier alpha value is -3.28. The molecule has 0 N–H and O–H groups in total. The smallest absolute Gasteiger partial charge is 0.231 e. The molecule has 0 atom stereocenters. The van der Waals surface area contributed by atoms with Crippen LogP contribution in [-0.4, -0.2) is 66.7 Å². The first-order valence-electron chi connectivity index (χ1n) is 12.6. The van der Waals surface area contributed by atoms with Crippen molar-refractivity contribution in [3.63, 3.8) is 0 Å². The lowest BCUT2D eigenvalue weighted by Gasteiger charge is -2.18. The normalized spacial score (nSPS) is 12.7. The van der Waals surface area contributed by atoms with Crippen molar-refractivity contribution in [2.24, 2.45) is 5.11 Å². The lowest BCUT2D eigenvalue weighted by atomic mass is 9.95. The van der Waals surface area contributed by atoms with E-state index in [0.29, 0.717) is 64.3 Å². The van der Waals surface area contributed by atoms with Gasteiger partial charge in [-0.1, -0.05) is 5.11 Å². The quantitative estimate of drug-likeness (QED) is 0.0882. The third-order valence-electron chi connectivity index (χ3n) is 6.41. The van der Waals surface area contributed by atoms with E-state index < -0.39 is 0 Å². The second-order valence-electron chi connectivity index (χ2n) is 8.70. The Kier molecular flexibility index (Phi) is 10.5. The fraction of sp³-hybridized carbons (Fsp3) is 0.444. The molecule has 0 saturated carbocycles. The average Bonchev–Trinajstić information content (AvgIpc) is 3.41. The Bertz CT molecular complexity index is 1330. The van der Waals surface area contributed by atoms with Crippen molar-refractivity contribution < 1.29 is 54.7 Å². The van der Waals surface area contributed by atoms with Crippen LogP contribution in [0.5, 0.6) is 23.0 Å². The van der Waals surface area contributed by atoms with Gasteiger partial charge in [0, 0.05) is 23.9 Å². The van der Waals surface area contributed by atoms with Crippen molar-refractivity contribution in [2.75, 3.05) is 66.7 Å². The lowest BCUT2D eigenvalue weighted by molar-refractivity contribution is -0.686. The molecule has 0 saturated heterocycles. The maximum absolute atomic E-state index is 8.20. The number of aromatic nitrogens is 1. The standard InChI is InChI=1S/C27H31N4O7.BrH/c1-32-24-3-2-19-14-23-21-16-26-25(37-18-38-26)15-20(21)4-6-31(23)17-22(19)27(24)36-13-12-35-11-10-34-9-8-33-7-5-29-30-28;/h2-3,14-17H,4-13,18H2,1H3;1H/q+1;/p-1. The Morgan fingerprint density at radius 3 is 2.41 bits per heavy atom. The number of fused-ring (bicyclic) bond motifs is 5. The Labute approximate surface area is 236 Å². The molecule has 1 aromatic heterocycles. The van der Waals surface area contributed by atoms with E-state index in [0.717, 1.165) is 46.5 Å². The summed E-state index contributed by atoms with van der Waals surface area (Å²) in [7, 11) is 1.65. The van der Waals surface area contributed by atoms with Crippen LogP contribution in [0, 0.1) is 0 Å². The number of methoxy groups -OCH3 is 1. The SMILES string of the molecule is COc1ccc2cc3[n+](cc2c1OCCOCCOCCOCCN=[N+]=[N-])CCc1cc2c(cc1-3)OCO2.[Br-]. The summed E-state index contributed by atoms with van der Waals surface area (Å²) in [6.45, 7) is 4.46. The van der Waals surface area contributed by atoms with Crippen molar-refractivity contribution in [2.45, 2.75) is 13.0 Å². The number of rotatable bonds is 14. The number of halogens is 1. The van der Waals surface area contributed by atoms with Gasteiger partial charge in [-0.25, -0.2) is 0 Å². The highest BCUT2D eigenvalue weighted by Gasteiger charge is 2.28. The highest BCUT2D eigenvalue weighted by Crippen LogP contribution is 2.41. The van der Waals surface area contributed by atoms with Gasteiger partial charge in [0.25, 0.3) is 0 Å². The number of pyridine rings is 1. The van der Waals surface area contributed by atoms with E-state index in [2.05, 4.69) is 45.1 Å². The topological polar surface area (TPSA) is 117 Å². The van der Waals surface area contributed by atoms with Crippen LogP contribution in [0.25, 0.3) is 32.5 Å². The van der Waals surface area contributed by atoms with Crippen LogP contribution in [0.3, 0.4) is 0 Å². The minimum absolute atomic E-state index is 0. The van der Waals surface area contributed by atoms with Crippen molar-refractivity contribution in [3.05, 3.63) is 52.5 Å². The number of nitrogens with zero attached hydrogens (tertiary/aromatic N) is 4. The van der Waals surface area contributed by atoms with Crippen molar-refractivity contribution in [1.29, 1.82) is 0 Å². The van der Waals surface area contributed by atoms with Gasteiger partial charge in [-0.3, -0.25) is 0 Å². The van der Waals surface area contributed by atoms with E-state index in [4.69, 9.17) is 38.7 Å². The molecule has 0 bridgehead atoms. The molecule has 0 radical (unpaired) electrons. The van der Waals surface area contributed by atoms with Gasteiger partial charge in [0.05, 0.1) is 57.7 Å². The van der Waals surface area contributed by atoms with Crippen molar-refractivity contribution >= 4 is 10.8 Å². The third-order valence-corrected chi connectivity index (χ3v) is 6.41. The van der Waals surface area contributed by atoms with Crippen LogP contribution in [0.2, 0.25) is 0 Å². The second kappa shape index (κ2) is 14.2. The third kappa shape index (κ3) is 6.84. The van der Waals surface area contributed by atoms with Crippen molar-refractivity contribution in [1.82, 2.24) is 0 Å². The lowest BCUT2D eigenvalue weighted by Crippen LogP contribution is -3.00. The van der Waals surface area contributed by atoms with E-state index in [1.54, 1.807) is 7.11 Å². The molecule has 11 nitrogen and oxygen atoms in total. The zero-order valence-corrected chi connectivity index (χ0v) is 23.4. The van der Waals surface area contributed by atoms with E-state index in [1.165, 1.54) is 5.56 Å². The molecule has 0 fully saturated rings. The maximum Gasteiger partial charge on any atom is 0.231 e. The van der Waals surface area contributed by atoms with Gasteiger partial charge in [-0.15, -0.1) is 0 Å². The largest absolute Gasteiger partial charge is 1.00 e. The van der Waals surface area contributed by atoms with Gasteiger partial charge in [-0.2, -0.15) is 4.57 Å². The van der Waals surface area contributed by atoms with Crippen LogP contribution >= 0.6 is 0 Å². The first-order valence-corrected chi connectivity index (χ1v) is 12.6. The molecule has 2 aromatic carbocycles. The number of aryl methyl sites for hydroxylation is 2. The van der Waals surface area contributed by atoms with Crippen LogP contribution in [0.4, 0.5) is 0 Å². The molecule has 2 aliphatic heterocycles. The molecule has 5 rings (SSSR count). The Balaban J connectivity index is 0.00000353. The van der Waals surface area contributed by atoms with Crippen molar-refractivity contribution in [3.8, 4) is 34.3 Å². The first-order chi connectivity index (χ1) is 18.8. The van der Waals surface area contributed by atoms with Gasteiger partial charge < -0.3 is 50.1 Å². The van der Waals surface area contributed by atoms with Crippen LogP contribution in [-0.2, 0) is 27.2 Å². The van der Waals surface area contributed by atoms with Gasteiger partial charge in [0.2, 0.25) is 12.5 Å². The summed E-state index contributed by atoms with van der Waals surface area (Å²) in [4.78, 5) is 2.67. The molecule has 0 amide bonds. The van der Waals surface area contributed by atoms with Gasteiger partial charge in [-0.05, 0) is 40.7 Å². The molecule has 3 aromatic rings. The highest BCUT2D eigenvalue weighted by atomic mass is 79.9. The van der Waals surface area contributed by atoms with Crippen LogP contribution < -0.4 is 40.5 Å². The van der Waals surface area contributed by atoms with E-state index in [-0.39, 0.29) is 23.8 Å². The summed E-state index contributed by atoms with van der Waals surface area (Å²) in [5.74, 6) is 2.99. The van der Waals surface area contributed by atoms with Gasteiger partial charge in [0.15, 0.2) is 35.7 Å². The molecule has 3 heterocycles. The number of azide groups is 1. The molecular weight excluding hydrogens is 572 g/mol. The summed E-state index contributed by atoms with van der Waals surface area (Å²) >= 11 is 0. The molecular formula is C27H31BrN4O7. The summed E-state index contributed by atoms with van der Waals surface area (Å²) in [6, 6.07) is 10.4. The van der Waals surface area contributed by atoms with E-state index in [9.17, 15) is 0 Å². The molecule has 0 aliphatic carbocycles. The Morgan fingerprint density at radius 1 is 0.949 bits per heavy atom. The zero-order chi connectivity index (χ0) is 26.2. The van der Waals surface area contributed by atoms with Crippen LogP contribution in [0.1, 0.15) is 5.56 Å². The molecule has 39 heavy (non-hydrogen) atoms. The summed E-state index contributed by atoms with van der Waals surface area (Å²) in [5, 5.41) is 5.45. The Morgan fingerprint density at radius 2 is 1.67 bits per heavy atom. The summed E-state index contributed by atoms with van der Waals surface area (Å²) in [5.41, 5.74) is 11.8. The fourth-order valence-electron chi connectivity index (χ4n) is 4.60. The minimum Gasteiger partial charge on any atom is -1.00 e. The second-order valence-corrected chi connectivity index (χ2v) is 8.70. The van der Waals surface area contributed by atoms with Crippen LogP contribution in [0.15, 0.2) is 41.6 Å². The number of ether oxygens (including phenoxy) is 7. The molecule has 208 valence electrons. The van der Waals surface area contributed by atoms with E-state index >= 15 is 0 Å². The molecule has 2 aliphatic rings. The van der Waals surface area contributed by atoms with Gasteiger partial charge >= 0.3 is 0 Å². The zero-order valence-electron chi connectivity index (χ0n) is 21.8. The maximum atomic E-state index is 8.20. The minimum atomic E-state index is 0. The van der Waals surface area contributed by atoms with Gasteiger partial charge in [0.1, 0.15) is 6.61 Å². The molecule has 0 unspecified atom stereocenters. The first kappa shape index (κ1) is 28.7. The number of benzene rings is 2. The molecule has 0 spiro atoms. The summed E-state index contributed by atoms with van der Waals surface area (Å²) in [6.07, 6.45) is 3.05. The predicted octanol–water partition coefficient (Wildman–Crippen LogP) is 0.831. The van der Waals surface area contributed by atoms with E-state index in [1.807, 2.05) is 6.07 Å². The monoisotopic (exact) mass is 602 g/mol. The molecule has 12 heteroatoms. The fourth-order valence-corrected chi connectivity index (χ4v) is 4.60. The summed E-state index contributed by atoms with van der Waals surface area (Å²) < 4.78 is 41.6. The highest BCUT2D eigenvalue weighted by molar-refractivity contribution is 5.91.